The maximum atomic E-state index is 11.6. The molecule has 1 aliphatic rings. The van der Waals surface area contributed by atoms with Gasteiger partial charge in [-0.25, -0.2) is 0 Å². The molecule has 1 fully saturated rings. The summed E-state index contributed by atoms with van der Waals surface area (Å²) >= 11 is 0. The number of rotatable bonds is 2. The number of amides is 1. The van der Waals surface area contributed by atoms with Gasteiger partial charge >= 0.3 is 0 Å². The minimum absolute atomic E-state index is 0.0222. The summed E-state index contributed by atoms with van der Waals surface area (Å²) in [5.74, 6) is -0.0222. The van der Waals surface area contributed by atoms with Crippen molar-refractivity contribution < 1.29 is 4.79 Å². The second kappa shape index (κ2) is 4.94. The molecule has 1 N–H and O–H groups in total. The number of carbonyl (C=O) groups excluding carboxylic acids is 1. The average molecular weight is 247 g/mol. The quantitative estimate of drug-likeness (QED) is 0.640. The Hall–Kier alpha value is -2.61. The molecule has 0 atom stereocenters. The van der Waals surface area contributed by atoms with Gasteiger partial charge in [-0.05, 0) is 23.3 Å². The number of hydrogen-bond acceptors (Lipinski definition) is 1. The molecule has 2 aromatic rings. The number of carbonyl (C=O) groups is 1. The van der Waals surface area contributed by atoms with Crippen molar-refractivity contribution in [3.8, 4) is 0 Å². The molecule has 0 spiro atoms. The van der Waals surface area contributed by atoms with Crippen LogP contribution >= 0.6 is 0 Å². The zero-order valence-corrected chi connectivity index (χ0v) is 10.3. The SMILES string of the molecule is O=C1NC(=Cc2ccccc2)C1=Cc1ccccc1. The minimum atomic E-state index is -0.0222. The van der Waals surface area contributed by atoms with E-state index < -0.39 is 0 Å². The molecule has 92 valence electrons. The van der Waals surface area contributed by atoms with Crippen molar-refractivity contribution in [3.05, 3.63) is 83.1 Å². The molecule has 2 heteroatoms. The monoisotopic (exact) mass is 247 g/mol. The van der Waals surface area contributed by atoms with E-state index in [4.69, 9.17) is 0 Å². The van der Waals surface area contributed by atoms with E-state index in [-0.39, 0.29) is 5.91 Å². The van der Waals surface area contributed by atoms with Gasteiger partial charge in [0, 0.05) is 0 Å². The van der Waals surface area contributed by atoms with Crippen molar-refractivity contribution in [2.75, 3.05) is 0 Å². The first kappa shape index (κ1) is 11.5. The van der Waals surface area contributed by atoms with Gasteiger partial charge < -0.3 is 5.32 Å². The van der Waals surface area contributed by atoms with Crippen molar-refractivity contribution in [2.45, 2.75) is 0 Å². The molecular weight excluding hydrogens is 234 g/mol. The Morgan fingerprint density at radius 3 is 1.79 bits per heavy atom. The minimum Gasteiger partial charge on any atom is -0.321 e. The number of benzene rings is 2. The van der Waals surface area contributed by atoms with Crippen LogP contribution in [0.4, 0.5) is 0 Å². The van der Waals surface area contributed by atoms with E-state index in [9.17, 15) is 4.79 Å². The van der Waals surface area contributed by atoms with Crippen molar-refractivity contribution in [1.29, 1.82) is 0 Å². The summed E-state index contributed by atoms with van der Waals surface area (Å²) in [7, 11) is 0. The van der Waals surface area contributed by atoms with E-state index in [0.717, 1.165) is 22.4 Å². The molecule has 0 unspecified atom stereocenters. The molecule has 3 rings (SSSR count). The molecule has 1 aliphatic heterocycles. The predicted molar refractivity (Wildman–Crippen MR) is 77.0 cm³/mol. The van der Waals surface area contributed by atoms with Gasteiger partial charge in [-0.2, -0.15) is 0 Å². The van der Waals surface area contributed by atoms with Crippen LogP contribution in [0.15, 0.2) is 71.9 Å². The molecule has 1 amide bonds. The normalized spacial score (nSPS) is 18.2. The summed E-state index contributed by atoms with van der Waals surface area (Å²) in [6.07, 6.45) is 3.89. The van der Waals surface area contributed by atoms with Gasteiger partial charge in [0.15, 0.2) is 0 Å². The van der Waals surface area contributed by atoms with Crippen LogP contribution in [-0.2, 0) is 4.79 Å². The van der Waals surface area contributed by atoms with Crippen molar-refractivity contribution >= 4 is 18.1 Å². The second-order valence-corrected chi connectivity index (χ2v) is 4.39. The average Bonchev–Trinajstić information content (AvgIpc) is 2.47. The topological polar surface area (TPSA) is 29.1 Å². The van der Waals surface area contributed by atoms with E-state index in [1.54, 1.807) is 0 Å². The van der Waals surface area contributed by atoms with Crippen LogP contribution in [-0.4, -0.2) is 5.91 Å². The zero-order valence-electron chi connectivity index (χ0n) is 10.3. The van der Waals surface area contributed by atoms with Crippen molar-refractivity contribution in [3.63, 3.8) is 0 Å². The van der Waals surface area contributed by atoms with E-state index in [1.165, 1.54) is 0 Å². The first-order chi connectivity index (χ1) is 9.33. The summed E-state index contributed by atoms with van der Waals surface area (Å²) in [4.78, 5) is 11.6. The highest BCUT2D eigenvalue weighted by Crippen LogP contribution is 2.23. The molecule has 0 aliphatic carbocycles. The molecule has 2 aromatic carbocycles. The third kappa shape index (κ3) is 2.47. The van der Waals surface area contributed by atoms with Gasteiger partial charge in [-0.15, -0.1) is 0 Å². The van der Waals surface area contributed by atoms with Crippen molar-refractivity contribution in [2.24, 2.45) is 0 Å². The van der Waals surface area contributed by atoms with Crippen LogP contribution in [0.3, 0.4) is 0 Å². The first-order valence-corrected chi connectivity index (χ1v) is 6.18. The van der Waals surface area contributed by atoms with Gasteiger partial charge in [0.05, 0.1) is 11.3 Å². The van der Waals surface area contributed by atoms with E-state index in [2.05, 4.69) is 5.32 Å². The van der Waals surface area contributed by atoms with E-state index >= 15 is 0 Å². The lowest BCUT2D eigenvalue weighted by Crippen LogP contribution is -2.38. The largest absolute Gasteiger partial charge is 0.321 e. The van der Waals surface area contributed by atoms with Gasteiger partial charge in [-0.1, -0.05) is 60.7 Å². The highest BCUT2D eigenvalue weighted by Gasteiger charge is 2.25. The highest BCUT2D eigenvalue weighted by atomic mass is 16.2. The molecule has 19 heavy (non-hydrogen) atoms. The Kier molecular flexibility index (Phi) is 2.99. The van der Waals surface area contributed by atoms with Crippen LogP contribution in [0.2, 0.25) is 0 Å². The Morgan fingerprint density at radius 2 is 1.26 bits per heavy atom. The molecule has 1 saturated heterocycles. The highest BCUT2D eigenvalue weighted by molar-refractivity contribution is 6.12. The smallest absolute Gasteiger partial charge is 0.257 e. The van der Waals surface area contributed by atoms with Gasteiger partial charge in [0.2, 0.25) is 0 Å². The van der Waals surface area contributed by atoms with E-state index in [0.29, 0.717) is 0 Å². The summed E-state index contributed by atoms with van der Waals surface area (Å²) in [6.45, 7) is 0. The Morgan fingerprint density at radius 1 is 0.737 bits per heavy atom. The van der Waals surface area contributed by atoms with Crippen LogP contribution in [0.1, 0.15) is 11.1 Å². The predicted octanol–water partition coefficient (Wildman–Crippen LogP) is 3.24. The zero-order chi connectivity index (χ0) is 13.1. The lowest BCUT2D eigenvalue weighted by molar-refractivity contribution is -0.118. The second-order valence-electron chi connectivity index (χ2n) is 4.39. The molecule has 0 radical (unpaired) electrons. The lowest BCUT2D eigenvalue weighted by atomic mass is 9.99. The molecule has 0 saturated carbocycles. The fourth-order valence-electron chi connectivity index (χ4n) is 2.01. The maximum Gasteiger partial charge on any atom is 0.257 e. The van der Waals surface area contributed by atoms with Gasteiger partial charge in [0.1, 0.15) is 0 Å². The number of nitrogens with one attached hydrogen (secondary N) is 1. The van der Waals surface area contributed by atoms with Crippen LogP contribution < -0.4 is 5.32 Å². The summed E-state index contributed by atoms with van der Waals surface area (Å²) < 4.78 is 0. The first-order valence-electron chi connectivity index (χ1n) is 6.18. The third-order valence-corrected chi connectivity index (χ3v) is 3.00. The van der Waals surface area contributed by atoms with Crippen LogP contribution in [0, 0.1) is 0 Å². The number of hydrogen-bond donors (Lipinski definition) is 1. The fourth-order valence-corrected chi connectivity index (χ4v) is 2.01. The van der Waals surface area contributed by atoms with Gasteiger partial charge in [0.25, 0.3) is 5.91 Å². The lowest BCUT2D eigenvalue weighted by Gasteiger charge is -2.22. The van der Waals surface area contributed by atoms with Crippen LogP contribution in [0.5, 0.6) is 0 Å². The molecular formula is C17H13NO. The third-order valence-electron chi connectivity index (χ3n) is 3.00. The molecule has 2 nitrogen and oxygen atoms in total. The van der Waals surface area contributed by atoms with Gasteiger partial charge in [-0.3, -0.25) is 4.79 Å². The fraction of sp³-hybridized carbons (Fsp3) is 0. The molecule has 0 bridgehead atoms. The van der Waals surface area contributed by atoms with Crippen molar-refractivity contribution in [1.82, 2.24) is 5.32 Å². The Balaban J connectivity index is 1.91. The summed E-state index contributed by atoms with van der Waals surface area (Å²) in [5.41, 5.74) is 3.72. The van der Waals surface area contributed by atoms with E-state index in [1.807, 2.05) is 72.8 Å². The molecule has 1 heterocycles. The summed E-state index contributed by atoms with van der Waals surface area (Å²) in [5, 5.41) is 2.82. The Bertz CT molecular complexity index is 654. The molecule has 0 aromatic heterocycles. The number of β-lactam (4-membered cyclic amide) rings is 1. The Labute approximate surface area is 112 Å². The summed E-state index contributed by atoms with van der Waals surface area (Å²) in [6, 6.07) is 19.8. The maximum absolute atomic E-state index is 11.6. The van der Waals surface area contributed by atoms with Crippen LogP contribution in [0.25, 0.3) is 12.2 Å². The standard InChI is InChI=1S/C17H13NO/c19-17-15(11-13-7-3-1-4-8-13)16(18-17)12-14-9-5-2-6-10-14/h1-12H,(H,18,19).